The molecule has 1 aliphatic rings. The smallest absolute Gasteiger partial charge is 0.233 e. The molecule has 4 rings (SSSR count). The Labute approximate surface area is 145 Å². The molecular formula is C17H18ClN5O. The molecule has 1 aromatic carbocycles. The molecule has 0 unspecified atom stereocenters. The van der Waals surface area contributed by atoms with Gasteiger partial charge in [-0.3, -0.25) is 4.90 Å². The standard InChI is InChI=1S/C17H18ClN5O/c1-11-20-21-17(24-11)14-7-12-5-3-4-6-13(12)9-23(14)10-16-19-8-15(18)22(16)2/h3-6,8,14H,7,9-10H2,1-2H3/t14-/m0/s1. The summed E-state index contributed by atoms with van der Waals surface area (Å²) in [6.07, 6.45) is 2.52. The molecular weight excluding hydrogens is 326 g/mol. The Kier molecular flexibility index (Phi) is 3.86. The van der Waals surface area contributed by atoms with E-state index in [0.717, 1.165) is 18.8 Å². The first-order valence-electron chi connectivity index (χ1n) is 7.88. The number of aromatic nitrogens is 4. The molecule has 124 valence electrons. The van der Waals surface area contributed by atoms with Crippen LogP contribution in [0.15, 0.2) is 34.9 Å². The Hall–Kier alpha value is -2.18. The molecule has 3 heterocycles. The van der Waals surface area contributed by atoms with Gasteiger partial charge in [-0.05, 0) is 17.5 Å². The lowest BCUT2D eigenvalue weighted by molar-refractivity contribution is 0.132. The fourth-order valence-electron chi connectivity index (χ4n) is 3.19. The van der Waals surface area contributed by atoms with Crippen LogP contribution >= 0.6 is 11.6 Å². The van der Waals surface area contributed by atoms with Gasteiger partial charge in [-0.2, -0.15) is 0 Å². The second-order valence-electron chi connectivity index (χ2n) is 6.11. The zero-order chi connectivity index (χ0) is 16.7. The van der Waals surface area contributed by atoms with Gasteiger partial charge < -0.3 is 8.98 Å². The summed E-state index contributed by atoms with van der Waals surface area (Å²) < 4.78 is 7.63. The quantitative estimate of drug-likeness (QED) is 0.731. The Morgan fingerprint density at radius 1 is 1.25 bits per heavy atom. The zero-order valence-electron chi connectivity index (χ0n) is 13.6. The number of aryl methyl sites for hydroxylation is 1. The number of hydrogen-bond donors (Lipinski definition) is 0. The van der Waals surface area contributed by atoms with Crippen molar-refractivity contribution in [2.75, 3.05) is 0 Å². The number of fused-ring (bicyclic) bond motifs is 1. The summed E-state index contributed by atoms with van der Waals surface area (Å²) in [6, 6.07) is 8.52. The Morgan fingerprint density at radius 3 is 2.71 bits per heavy atom. The summed E-state index contributed by atoms with van der Waals surface area (Å²) in [6.45, 7) is 3.30. The highest BCUT2D eigenvalue weighted by atomic mass is 35.5. The van der Waals surface area contributed by atoms with Crippen LogP contribution in [0.4, 0.5) is 0 Å². The van der Waals surface area contributed by atoms with E-state index in [1.807, 2.05) is 18.5 Å². The number of nitrogens with zero attached hydrogens (tertiary/aromatic N) is 5. The normalized spacial score (nSPS) is 17.9. The third-order valence-corrected chi connectivity index (χ3v) is 4.90. The fraction of sp³-hybridized carbons (Fsp3) is 0.353. The van der Waals surface area contributed by atoms with Crippen molar-refractivity contribution in [3.63, 3.8) is 0 Å². The minimum Gasteiger partial charge on any atom is -0.424 e. The third-order valence-electron chi connectivity index (χ3n) is 4.54. The molecule has 0 N–H and O–H groups in total. The van der Waals surface area contributed by atoms with Crippen molar-refractivity contribution in [3.05, 3.63) is 64.3 Å². The molecule has 0 fully saturated rings. The first-order chi connectivity index (χ1) is 11.6. The van der Waals surface area contributed by atoms with Gasteiger partial charge in [-0.1, -0.05) is 35.9 Å². The number of benzene rings is 1. The maximum Gasteiger partial charge on any atom is 0.233 e. The van der Waals surface area contributed by atoms with Crippen molar-refractivity contribution < 1.29 is 4.42 Å². The minimum absolute atomic E-state index is 0.0385. The van der Waals surface area contributed by atoms with Crippen LogP contribution < -0.4 is 0 Å². The van der Waals surface area contributed by atoms with Crippen LogP contribution in [0.2, 0.25) is 5.15 Å². The van der Waals surface area contributed by atoms with E-state index in [9.17, 15) is 0 Å². The number of imidazole rings is 1. The molecule has 1 atom stereocenters. The van der Waals surface area contributed by atoms with Gasteiger partial charge in [0.25, 0.3) is 0 Å². The predicted octanol–water partition coefficient (Wildman–Crippen LogP) is 3.06. The summed E-state index contributed by atoms with van der Waals surface area (Å²) in [5.74, 6) is 2.16. The summed E-state index contributed by atoms with van der Waals surface area (Å²) >= 11 is 6.13. The van der Waals surface area contributed by atoms with Crippen LogP contribution in [0, 0.1) is 6.92 Å². The van der Waals surface area contributed by atoms with E-state index in [2.05, 4.69) is 44.3 Å². The van der Waals surface area contributed by atoms with Crippen LogP contribution in [0.3, 0.4) is 0 Å². The second-order valence-corrected chi connectivity index (χ2v) is 6.50. The topological polar surface area (TPSA) is 60.0 Å². The molecule has 3 aromatic rings. The highest BCUT2D eigenvalue weighted by Gasteiger charge is 2.31. The molecule has 0 spiro atoms. The Bertz CT molecular complexity index is 872. The van der Waals surface area contributed by atoms with Gasteiger partial charge in [-0.25, -0.2) is 4.98 Å². The van der Waals surface area contributed by atoms with Crippen molar-refractivity contribution in [2.45, 2.75) is 32.5 Å². The molecule has 0 saturated heterocycles. The zero-order valence-corrected chi connectivity index (χ0v) is 14.4. The molecule has 7 heteroatoms. The van der Waals surface area contributed by atoms with Crippen LogP contribution in [0.25, 0.3) is 0 Å². The lowest BCUT2D eigenvalue weighted by Gasteiger charge is -2.34. The summed E-state index contributed by atoms with van der Waals surface area (Å²) in [7, 11) is 1.93. The fourth-order valence-corrected chi connectivity index (χ4v) is 3.33. The van der Waals surface area contributed by atoms with E-state index in [-0.39, 0.29) is 6.04 Å². The van der Waals surface area contributed by atoms with Crippen molar-refractivity contribution in [1.29, 1.82) is 0 Å². The first-order valence-corrected chi connectivity index (χ1v) is 8.26. The summed E-state index contributed by atoms with van der Waals surface area (Å²) in [4.78, 5) is 6.73. The summed E-state index contributed by atoms with van der Waals surface area (Å²) in [5.41, 5.74) is 2.65. The van der Waals surface area contributed by atoms with E-state index >= 15 is 0 Å². The van der Waals surface area contributed by atoms with E-state index in [0.29, 0.717) is 23.5 Å². The van der Waals surface area contributed by atoms with E-state index < -0.39 is 0 Å². The van der Waals surface area contributed by atoms with Gasteiger partial charge in [0.05, 0.1) is 18.8 Å². The van der Waals surface area contributed by atoms with Gasteiger partial charge in [0, 0.05) is 20.5 Å². The lowest BCUT2D eigenvalue weighted by Crippen LogP contribution is -2.34. The van der Waals surface area contributed by atoms with E-state index in [1.165, 1.54) is 11.1 Å². The number of halogens is 1. The van der Waals surface area contributed by atoms with Gasteiger partial charge in [0.15, 0.2) is 0 Å². The van der Waals surface area contributed by atoms with Crippen molar-refractivity contribution >= 4 is 11.6 Å². The highest BCUT2D eigenvalue weighted by Crippen LogP contribution is 2.33. The summed E-state index contributed by atoms with van der Waals surface area (Å²) in [5, 5.41) is 8.88. The molecule has 2 aromatic heterocycles. The average molecular weight is 344 g/mol. The lowest BCUT2D eigenvalue weighted by atomic mass is 9.94. The minimum atomic E-state index is 0.0385. The van der Waals surface area contributed by atoms with Crippen LogP contribution in [0.5, 0.6) is 0 Å². The maximum absolute atomic E-state index is 6.13. The Balaban J connectivity index is 1.69. The average Bonchev–Trinajstić information content (AvgIpc) is 3.15. The molecule has 1 aliphatic heterocycles. The maximum atomic E-state index is 6.13. The van der Waals surface area contributed by atoms with Crippen LogP contribution in [-0.4, -0.2) is 24.6 Å². The largest absolute Gasteiger partial charge is 0.424 e. The Morgan fingerprint density at radius 2 is 2.04 bits per heavy atom. The van der Waals surface area contributed by atoms with Crippen molar-refractivity contribution in [2.24, 2.45) is 7.05 Å². The monoisotopic (exact) mass is 343 g/mol. The highest BCUT2D eigenvalue weighted by molar-refractivity contribution is 6.29. The molecule has 0 radical (unpaired) electrons. The van der Waals surface area contributed by atoms with Crippen molar-refractivity contribution in [1.82, 2.24) is 24.6 Å². The molecule has 0 saturated carbocycles. The second kappa shape index (κ2) is 6.03. The van der Waals surface area contributed by atoms with Gasteiger partial charge in [-0.15, -0.1) is 10.2 Å². The van der Waals surface area contributed by atoms with Crippen LogP contribution in [-0.2, 0) is 26.6 Å². The van der Waals surface area contributed by atoms with Gasteiger partial charge in [0.1, 0.15) is 11.0 Å². The molecule has 6 nitrogen and oxygen atoms in total. The van der Waals surface area contributed by atoms with E-state index in [4.69, 9.17) is 16.0 Å². The van der Waals surface area contributed by atoms with Crippen LogP contribution in [0.1, 0.15) is 34.8 Å². The van der Waals surface area contributed by atoms with E-state index in [1.54, 1.807) is 6.20 Å². The molecule has 24 heavy (non-hydrogen) atoms. The van der Waals surface area contributed by atoms with Gasteiger partial charge in [0.2, 0.25) is 11.8 Å². The third kappa shape index (κ3) is 2.72. The number of hydrogen-bond acceptors (Lipinski definition) is 5. The molecule has 0 amide bonds. The van der Waals surface area contributed by atoms with Gasteiger partial charge >= 0.3 is 0 Å². The SMILES string of the molecule is Cc1nnc([C@@H]2Cc3ccccc3CN2Cc2ncc(Cl)n2C)o1. The molecule has 0 bridgehead atoms. The molecule has 0 aliphatic carbocycles. The first kappa shape index (κ1) is 15.4. The van der Waals surface area contributed by atoms with Crippen molar-refractivity contribution in [3.8, 4) is 0 Å². The number of rotatable bonds is 3. The predicted molar refractivity (Wildman–Crippen MR) is 89.4 cm³/mol.